The Balaban J connectivity index is 1.49. The molecule has 5 nitrogen and oxygen atoms in total. The smallest absolute Gasteiger partial charge is 0.330 e. The van der Waals surface area contributed by atoms with Crippen LogP contribution in [-0.2, 0) is 25.6 Å². The van der Waals surface area contributed by atoms with Gasteiger partial charge in [0.05, 0.1) is 32.1 Å². The zero-order chi connectivity index (χ0) is 17.2. The van der Waals surface area contributed by atoms with Gasteiger partial charge < -0.3 is 14.2 Å². The van der Waals surface area contributed by atoms with Crippen molar-refractivity contribution in [1.29, 1.82) is 0 Å². The zero-order valence-corrected chi connectivity index (χ0v) is 15.1. The monoisotopic (exact) mass is 389 g/mol. The van der Waals surface area contributed by atoms with Crippen molar-refractivity contribution in [1.82, 2.24) is 4.98 Å². The van der Waals surface area contributed by atoms with Gasteiger partial charge in [-0.05, 0) is 5.56 Å². The second-order valence-electron chi connectivity index (χ2n) is 4.71. The van der Waals surface area contributed by atoms with E-state index in [0.29, 0.717) is 30.0 Å². The molecule has 1 heterocycles. The normalized spacial score (nSPS) is 12.1. The lowest BCUT2D eigenvalue weighted by Gasteiger charge is -2.09. The molecular weight excluding hydrogens is 373 g/mol. The maximum absolute atomic E-state index is 11.7. The Hall–Kier alpha value is -1.18. The first-order valence-corrected chi connectivity index (χ1v) is 8.97. The van der Waals surface area contributed by atoms with Crippen LogP contribution in [0.25, 0.3) is 0 Å². The van der Waals surface area contributed by atoms with E-state index in [1.165, 1.54) is 11.3 Å². The molecule has 0 N–H and O–H groups in total. The van der Waals surface area contributed by atoms with Crippen molar-refractivity contribution >= 4 is 40.5 Å². The van der Waals surface area contributed by atoms with Crippen LogP contribution >= 0.6 is 34.5 Å². The van der Waals surface area contributed by atoms with Crippen molar-refractivity contribution in [2.24, 2.45) is 0 Å². The van der Waals surface area contributed by atoms with E-state index in [2.05, 4.69) is 4.98 Å². The summed E-state index contributed by atoms with van der Waals surface area (Å²) in [7, 11) is 0. The van der Waals surface area contributed by atoms with Gasteiger partial charge in [0.25, 0.3) is 0 Å². The average Bonchev–Trinajstić information content (AvgIpc) is 3.03. The number of alkyl halides is 1. The van der Waals surface area contributed by atoms with E-state index < -0.39 is 11.3 Å². The molecule has 0 radical (unpaired) electrons. The highest BCUT2D eigenvalue weighted by molar-refractivity contribution is 7.14. The molecule has 24 heavy (non-hydrogen) atoms. The lowest BCUT2D eigenvalue weighted by atomic mass is 10.2. The van der Waals surface area contributed by atoms with Crippen LogP contribution in [0.3, 0.4) is 0 Å². The number of esters is 1. The molecule has 1 atom stereocenters. The second-order valence-corrected chi connectivity index (χ2v) is 6.58. The summed E-state index contributed by atoms with van der Waals surface area (Å²) in [5.41, 5.74) is 1.51. The van der Waals surface area contributed by atoms with Gasteiger partial charge >= 0.3 is 5.97 Å². The van der Waals surface area contributed by atoms with Crippen LogP contribution in [0, 0.1) is 0 Å². The molecule has 0 aliphatic rings. The molecule has 0 spiro atoms. The van der Waals surface area contributed by atoms with Gasteiger partial charge in [0.2, 0.25) is 0 Å². The molecule has 1 aromatic carbocycles. The molecule has 0 aliphatic heterocycles. The van der Waals surface area contributed by atoms with Crippen LogP contribution in [0.2, 0.25) is 4.47 Å². The molecule has 1 unspecified atom stereocenters. The summed E-state index contributed by atoms with van der Waals surface area (Å²) in [6, 6.07) is 9.89. The number of carbonyl (C=O) groups is 1. The molecule has 0 bridgehead atoms. The molecule has 2 rings (SSSR count). The largest absolute Gasteiger partial charge is 0.462 e. The van der Waals surface area contributed by atoms with Crippen LogP contribution in [0.1, 0.15) is 16.6 Å². The van der Waals surface area contributed by atoms with Crippen LogP contribution in [-0.4, -0.2) is 37.4 Å². The number of nitrogens with zero attached hydrogens (tertiary/aromatic N) is 1. The summed E-state index contributed by atoms with van der Waals surface area (Å²) in [6.07, 6.45) is 0. The lowest BCUT2D eigenvalue weighted by molar-refractivity contribution is -0.145. The minimum absolute atomic E-state index is 0.124. The molecule has 0 saturated carbocycles. The fourth-order valence-corrected chi connectivity index (χ4v) is 2.80. The van der Waals surface area contributed by atoms with Gasteiger partial charge in [-0.1, -0.05) is 41.9 Å². The topological polar surface area (TPSA) is 57.7 Å². The van der Waals surface area contributed by atoms with Gasteiger partial charge in [0.15, 0.2) is 9.84 Å². The van der Waals surface area contributed by atoms with Gasteiger partial charge in [-0.15, -0.1) is 22.9 Å². The van der Waals surface area contributed by atoms with Gasteiger partial charge in [-0.3, -0.25) is 4.79 Å². The summed E-state index contributed by atoms with van der Waals surface area (Å²) in [4.78, 5) is 15.7. The number of ether oxygens (including phenoxy) is 3. The molecule has 0 fully saturated rings. The van der Waals surface area contributed by atoms with E-state index >= 15 is 0 Å². The summed E-state index contributed by atoms with van der Waals surface area (Å²) < 4.78 is 16.2. The number of aromatic nitrogens is 1. The second kappa shape index (κ2) is 10.6. The van der Waals surface area contributed by atoms with Gasteiger partial charge in [0.1, 0.15) is 6.61 Å². The standard InChI is InChI=1S/C16H17Cl2NO4S/c17-14(13-11-24-16(18)19-13)15(20)23-9-8-21-6-7-22-10-12-4-2-1-3-5-12/h1-5,11,14H,6-10H2. The predicted octanol–water partition coefficient (Wildman–Crippen LogP) is 3.85. The molecule has 0 saturated heterocycles. The molecule has 1 aromatic heterocycles. The third kappa shape index (κ3) is 6.75. The van der Waals surface area contributed by atoms with Crippen molar-refractivity contribution in [3.63, 3.8) is 0 Å². The number of rotatable bonds is 10. The van der Waals surface area contributed by atoms with Gasteiger partial charge in [-0.2, -0.15) is 0 Å². The highest BCUT2D eigenvalue weighted by atomic mass is 35.5. The van der Waals surface area contributed by atoms with E-state index in [4.69, 9.17) is 37.4 Å². The molecule has 0 amide bonds. The molecule has 130 valence electrons. The Morgan fingerprint density at radius 1 is 1.12 bits per heavy atom. The van der Waals surface area contributed by atoms with E-state index in [1.54, 1.807) is 5.38 Å². The lowest BCUT2D eigenvalue weighted by Crippen LogP contribution is -2.16. The maximum atomic E-state index is 11.7. The minimum Gasteiger partial charge on any atom is -0.462 e. The Morgan fingerprint density at radius 3 is 2.54 bits per heavy atom. The number of benzene rings is 1. The summed E-state index contributed by atoms with van der Waals surface area (Å²) in [5.74, 6) is -0.567. The highest BCUT2D eigenvalue weighted by Crippen LogP contribution is 2.25. The Kier molecular flexibility index (Phi) is 8.49. The molecular formula is C16H17Cl2NO4S. The van der Waals surface area contributed by atoms with Crippen LogP contribution in [0.4, 0.5) is 0 Å². The van der Waals surface area contributed by atoms with Crippen molar-refractivity contribution in [2.45, 2.75) is 12.0 Å². The van der Waals surface area contributed by atoms with Crippen molar-refractivity contribution < 1.29 is 19.0 Å². The number of thiazole rings is 1. The minimum atomic E-state index is -0.956. The van der Waals surface area contributed by atoms with E-state index in [0.717, 1.165) is 5.56 Å². The first-order chi connectivity index (χ1) is 11.7. The number of carbonyl (C=O) groups excluding carboxylic acids is 1. The number of hydrogen-bond donors (Lipinski definition) is 0. The van der Waals surface area contributed by atoms with Gasteiger partial charge in [-0.25, -0.2) is 4.98 Å². The average molecular weight is 390 g/mol. The van der Waals surface area contributed by atoms with Crippen LogP contribution in [0.15, 0.2) is 35.7 Å². The Morgan fingerprint density at radius 2 is 1.83 bits per heavy atom. The van der Waals surface area contributed by atoms with Crippen LogP contribution < -0.4 is 0 Å². The molecule has 2 aromatic rings. The Bertz CT molecular complexity index is 624. The van der Waals surface area contributed by atoms with Crippen molar-refractivity contribution in [3.05, 3.63) is 51.4 Å². The highest BCUT2D eigenvalue weighted by Gasteiger charge is 2.21. The van der Waals surface area contributed by atoms with Crippen molar-refractivity contribution in [3.8, 4) is 0 Å². The maximum Gasteiger partial charge on any atom is 0.330 e. The van der Waals surface area contributed by atoms with Crippen molar-refractivity contribution in [2.75, 3.05) is 26.4 Å². The van der Waals surface area contributed by atoms with E-state index in [1.807, 2.05) is 30.3 Å². The summed E-state index contributed by atoms with van der Waals surface area (Å²) in [5, 5.41) is 0.671. The fourth-order valence-electron chi connectivity index (χ4n) is 1.76. The van der Waals surface area contributed by atoms with Crippen LogP contribution in [0.5, 0.6) is 0 Å². The predicted molar refractivity (Wildman–Crippen MR) is 93.6 cm³/mol. The first-order valence-electron chi connectivity index (χ1n) is 7.28. The summed E-state index contributed by atoms with van der Waals surface area (Å²) in [6.45, 7) is 1.85. The third-order valence-electron chi connectivity index (χ3n) is 2.92. The number of hydrogen-bond acceptors (Lipinski definition) is 6. The first kappa shape index (κ1) is 19.1. The Labute approximate surface area is 154 Å². The van der Waals surface area contributed by atoms with E-state index in [9.17, 15) is 4.79 Å². The summed E-state index contributed by atoms with van der Waals surface area (Å²) >= 11 is 12.9. The molecule has 0 aliphatic carbocycles. The fraction of sp³-hybridized carbons (Fsp3) is 0.375. The zero-order valence-electron chi connectivity index (χ0n) is 12.8. The third-order valence-corrected chi connectivity index (χ3v) is 4.31. The number of halogens is 2. The molecule has 8 heteroatoms. The van der Waals surface area contributed by atoms with Gasteiger partial charge in [0, 0.05) is 5.38 Å². The quantitative estimate of drug-likeness (QED) is 0.350. The SMILES string of the molecule is O=C(OCCOCCOCc1ccccc1)C(Cl)c1csc(Cl)n1. The van der Waals surface area contributed by atoms with E-state index in [-0.39, 0.29) is 13.2 Å².